The summed E-state index contributed by atoms with van der Waals surface area (Å²) in [5, 5.41) is 5.82. The number of carbonyl (C=O) groups excluding carboxylic acids is 2. The van der Waals surface area contributed by atoms with Crippen molar-refractivity contribution in [2.75, 3.05) is 11.9 Å². The van der Waals surface area contributed by atoms with Crippen LogP contribution in [0.25, 0.3) is 11.1 Å². The lowest BCUT2D eigenvalue weighted by molar-refractivity contribution is -0.137. The summed E-state index contributed by atoms with van der Waals surface area (Å²) in [5.41, 5.74) is 4.44. The third-order valence-electron chi connectivity index (χ3n) is 6.88. The zero-order chi connectivity index (χ0) is 28.1. The molecule has 0 bridgehead atoms. The van der Waals surface area contributed by atoms with Gasteiger partial charge in [0.2, 0.25) is 0 Å². The summed E-state index contributed by atoms with van der Waals surface area (Å²) in [4.78, 5) is 25.5. The van der Waals surface area contributed by atoms with Crippen molar-refractivity contribution in [1.29, 1.82) is 0 Å². The molecule has 1 aliphatic rings. The minimum absolute atomic E-state index is 0.106. The van der Waals surface area contributed by atoms with Crippen LogP contribution >= 0.6 is 0 Å². The van der Waals surface area contributed by atoms with E-state index in [1.165, 1.54) is 12.1 Å². The average Bonchev–Trinajstić information content (AvgIpc) is 3.34. The molecule has 1 aliphatic carbocycles. The number of hydrogen-bond donors (Lipinski definition) is 2. The first-order chi connectivity index (χ1) is 19.3. The Labute approximate surface area is 230 Å². The van der Waals surface area contributed by atoms with Crippen LogP contribution in [0.2, 0.25) is 0 Å². The number of carbonyl (C=O) groups is 2. The minimum Gasteiger partial charge on any atom is -0.449 e. The van der Waals surface area contributed by atoms with Crippen molar-refractivity contribution in [3.05, 3.63) is 125 Å². The molecule has 204 valence electrons. The standard InChI is InChI=1S/C32H27F3N2O3/c33-32(34,35)25-13-10-22(11-14-25)28-8-4-5-9-29(28)30(38)36-26-15-12-23-18-27(20-24(23)19-26)37-31(39)40-17-16-21-6-2-1-3-7-21/h1-15,19,27H,16-18,20H2,(H,36,38)(H,37,39). The fourth-order valence-corrected chi connectivity index (χ4v) is 4.88. The number of rotatable bonds is 7. The van der Waals surface area contributed by atoms with Gasteiger partial charge in [-0.05, 0) is 71.0 Å². The summed E-state index contributed by atoms with van der Waals surface area (Å²) in [6.45, 7) is 0.291. The SMILES string of the molecule is O=C(NC1Cc2ccc(NC(=O)c3ccccc3-c3ccc(C(F)(F)F)cc3)cc2C1)OCCc1ccccc1. The lowest BCUT2D eigenvalue weighted by atomic mass is 9.98. The molecule has 40 heavy (non-hydrogen) atoms. The second kappa shape index (κ2) is 11.7. The van der Waals surface area contributed by atoms with E-state index in [4.69, 9.17) is 4.74 Å². The van der Waals surface area contributed by atoms with Gasteiger partial charge < -0.3 is 15.4 Å². The molecule has 4 aromatic carbocycles. The van der Waals surface area contributed by atoms with Crippen LogP contribution in [0.3, 0.4) is 0 Å². The molecule has 8 heteroatoms. The summed E-state index contributed by atoms with van der Waals surface area (Å²) in [5.74, 6) is -0.370. The quantitative estimate of drug-likeness (QED) is 0.262. The number of anilines is 1. The number of ether oxygens (including phenoxy) is 1. The Morgan fingerprint density at radius 2 is 1.52 bits per heavy atom. The van der Waals surface area contributed by atoms with Crippen molar-refractivity contribution in [3.63, 3.8) is 0 Å². The molecule has 2 N–H and O–H groups in total. The number of alkyl carbamates (subject to hydrolysis) is 1. The second-order valence-corrected chi connectivity index (χ2v) is 9.68. The molecule has 1 unspecified atom stereocenters. The Balaban J connectivity index is 1.19. The first-order valence-electron chi connectivity index (χ1n) is 12.9. The molecule has 0 aromatic heterocycles. The first-order valence-corrected chi connectivity index (χ1v) is 12.9. The van der Waals surface area contributed by atoms with Gasteiger partial charge in [-0.3, -0.25) is 4.79 Å². The fourth-order valence-electron chi connectivity index (χ4n) is 4.88. The van der Waals surface area contributed by atoms with Crippen molar-refractivity contribution in [2.45, 2.75) is 31.5 Å². The third-order valence-corrected chi connectivity index (χ3v) is 6.88. The molecule has 0 fully saturated rings. The van der Waals surface area contributed by atoms with Crippen LogP contribution in [-0.2, 0) is 30.2 Å². The van der Waals surface area contributed by atoms with Gasteiger partial charge >= 0.3 is 12.3 Å². The summed E-state index contributed by atoms with van der Waals surface area (Å²) < 4.78 is 44.2. The lowest BCUT2D eigenvalue weighted by Crippen LogP contribution is -2.36. The maximum atomic E-state index is 13.2. The Hall–Kier alpha value is -4.59. The highest BCUT2D eigenvalue weighted by Gasteiger charge is 2.30. The molecule has 5 nitrogen and oxygen atoms in total. The molecule has 0 saturated carbocycles. The predicted molar refractivity (Wildman–Crippen MR) is 147 cm³/mol. The topological polar surface area (TPSA) is 67.4 Å². The van der Waals surface area contributed by atoms with Gasteiger partial charge in [-0.2, -0.15) is 13.2 Å². The molecule has 0 saturated heterocycles. The van der Waals surface area contributed by atoms with Crippen LogP contribution in [-0.4, -0.2) is 24.6 Å². The molecule has 0 spiro atoms. The van der Waals surface area contributed by atoms with Crippen LogP contribution in [0.1, 0.15) is 32.6 Å². The molecule has 4 aromatic rings. The van der Waals surface area contributed by atoms with E-state index in [0.717, 1.165) is 28.8 Å². The van der Waals surface area contributed by atoms with Gasteiger partial charge in [-0.15, -0.1) is 0 Å². The van der Waals surface area contributed by atoms with Crippen LogP contribution in [0, 0.1) is 0 Å². The largest absolute Gasteiger partial charge is 0.449 e. The molecule has 5 rings (SSSR count). The Morgan fingerprint density at radius 1 is 0.825 bits per heavy atom. The smallest absolute Gasteiger partial charge is 0.416 e. The Bertz CT molecular complexity index is 1500. The maximum Gasteiger partial charge on any atom is 0.416 e. The highest BCUT2D eigenvalue weighted by Crippen LogP contribution is 2.32. The van der Waals surface area contributed by atoms with Gasteiger partial charge in [0.1, 0.15) is 0 Å². The number of hydrogen-bond acceptors (Lipinski definition) is 3. The molecule has 2 amide bonds. The van der Waals surface area contributed by atoms with Crippen LogP contribution in [0.5, 0.6) is 0 Å². The molecule has 0 heterocycles. The van der Waals surface area contributed by atoms with Crippen molar-refractivity contribution in [2.24, 2.45) is 0 Å². The third kappa shape index (κ3) is 6.51. The van der Waals surface area contributed by atoms with E-state index in [1.807, 2.05) is 42.5 Å². The highest BCUT2D eigenvalue weighted by atomic mass is 19.4. The number of benzene rings is 4. The highest BCUT2D eigenvalue weighted by molar-refractivity contribution is 6.08. The molecular formula is C32H27F3N2O3. The normalized spacial score (nSPS) is 14.3. The Morgan fingerprint density at radius 3 is 2.27 bits per heavy atom. The van der Waals surface area contributed by atoms with E-state index in [0.29, 0.717) is 48.2 Å². The van der Waals surface area contributed by atoms with Gasteiger partial charge in [0.05, 0.1) is 12.2 Å². The van der Waals surface area contributed by atoms with E-state index in [-0.39, 0.29) is 11.9 Å². The van der Waals surface area contributed by atoms with Crippen molar-refractivity contribution in [1.82, 2.24) is 5.32 Å². The van der Waals surface area contributed by atoms with E-state index >= 15 is 0 Å². The monoisotopic (exact) mass is 544 g/mol. The number of amides is 2. The second-order valence-electron chi connectivity index (χ2n) is 9.68. The van der Waals surface area contributed by atoms with Crippen molar-refractivity contribution >= 4 is 17.7 Å². The van der Waals surface area contributed by atoms with E-state index in [2.05, 4.69) is 10.6 Å². The number of halogens is 3. The van der Waals surface area contributed by atoms with Crippen molar-refractivity contribution < 1.29 is 27.5 Å². The molecule has 1 atom stereocenters. The van der Waals surface area contributed by atoms with E-state index in [9.17, 15) is 22.8 Å². The Kier molecular flexibility index (Phi) is 7.86. The van der Waals surface area contributed by atoms with Crippen LogP contribution in [0.15, 0.2) is 97.1 Å². The summed E-state index contributed by atoms with van der Waals surface area (Å²) in [6, 6.07) is 26.8. The molecular weight excluding hydrogens is 517 g/mol. The minimum atomic E-state index is -4.43. The summed E-state index contributed by atoms with van der Waals surface area (Å²) in [7, 11) is 0. The lowest BCUT2D eigenvalue weighted by Gasteiger charge is -2.13. The number of nitrogens with one attached hydrogen (secondary N) is 2. The van der Waals surface area contributed by atoms with Crippen molar-refractivity contribution in [3.8, 4) is 11.1 Å². The first kappa shape index (κ1) is 27.0. The summed E-state index contributed by atoms with van der Waals surface area (Å²) >= 11 is 0. The predicted octanol–water partition coefficient (Wildman–Crippen LogP) is 7.06. The van der Waals surface area contributed by atoms with Gasteiger partial charge in [0.25, 0.3) is 5.91 Å². The number of alkyl halides is 3. The zero-order valence-corrected chi connectivity index (χ0v) is 21.5. The average molecular weight is 545 g/mol. The van der Waals surface area contributed by atoms with Gasteiger partial charge in [0.15, 0.2) is 0 Å². The number of fused-ring (bicyclic) bond motifs is 1. The summed E-state index contributed by atoms with van der Waals surface area (Å²) in [6.07, 6.45) is -2.98. The molecule has 0 aliphatic heterocycles. The fraction of sp³-hybridized carbons (Fsp3) is 0.188. The van der Waals surface area contributed by atoms with E-state index in [1.54, 1.807) is 30.3 Å². The van der Waals surface area contributed by atoms with E-state index < -0.39 is 17.8 Å². The van der Waals surface area contributed by atoms with Crippen LogP contribution < -0.4 is 10.6 Å². The maximum absolute atomic E-state index is 13.2. The van der Waals surface area contributed by atoms with Gasteiger partial charge in [-0.25, -0.2) is 4.79 Å². The zero-order valence-electron chi connectivity index (χ0n) is 21.5. The molecule has 0 radical (unpaired) electrons. The van der Waals surface area contributed by atoms with Gasteiger partial charge in [0, 0.05) is 23.7 Å². The van der Waals surface area contributed by atoms with Crippen LogP contribution in [0.4, 0.5) is 23.7 Å². The van der Waals surface area contributed by atoms with Gasteiger partial charge in [-0.1, -0.05) is 66.7 Å².